The lowest BCUT2D eigenvalue weighted by Crippen LogP contribution is -2.29. The Labute approximate surface area is 86.2 Å². The molecule has 0 saturated heterocycles. The summed E-state index contributed by atoms with van der Waals surface area (Å²) < 4.78 is 0. The number of allylic oxidation sites excluding steroid dienone is 1. The van der Waals surface area contributed by atoms with E-state index in [1.54, 1.807) is 6.08 Å². The first-order valence-corrected chi connectivity index (χ1v) is 4.96. The molecule has 0 aromatic carbocycles. The average Bonchev–Trinajstić information content (AvgIpc) is 2.20. The highest BCUT2D eigenvalue weighted by Crippen LogP contribution is 2.15. The molecule has 0 unspecified atom stereocenters. The normalized spacial score (nSPS) is 15.4. The Kier molecular flexibility index (Phi) is 6.15. The predicted octanol–water partition coefficient (Wildman–Crippen LogP) is 3.00. The van der Waals surface area contributed by atoms with Gasteiger partial charge in [0.05, 0.1) is 0 Å². The molecule has 0 radical (unpaired) electrons. The van der Waals surface area contributed by atoms with Crippen LogP contribution in [-0.2, 0) is 0 Å². The van der Waals surface area contributed by atoms with Crippen molar-refractivity contribution in [1.29, 1.82) is 0 Å². The van der Waals surface area contributed by atoms with E-state index in [0.717, 1.165) is 23.5 Å². The highest BCUT2D eigenvalue weighted by molar-refractivity contribution is 7.80. The Hall–Kier alpha value is -0.890. The summed E-state index contributed by atoms with van der Waals surface area (Å²) in [5, 5.41) is 3.10. The second-order valence-corrected chi connectivity index (χ2v) is 2.76. The Morgan fingerprint density at radius 3 is 2.31 bits per heavy atom. The van der Waals surface area contributed by atoms with Gasteiger partial charge in [-0.1, -0.05) is 51.4 Å². The Bertz CT molecular complexity index is 238. The third kappa shape index (κ3) is 3.15. The molecule has 1 aliphatic heterocycles. The van der Waals surface area contributed by atoms with Crippen molar-refractivity contribution in [2.45, 2.75) is 20.3 Å². The summed E-state index contributed by atoms with van der Waals surface area (Å²) in [4.78, 5) is 0.793. The summed E-state index contributed by atoms with van der Waals surface area (Å²) >= 11 is 5.08. The number of hydrogen-bond donors (Lipinski definition) is 1. The first kappa shape index (κ1) is 12.1. The van der Waals surface area contributed by atoms with Gasteiger partial charge in [0.25, 0.3) is 0 Å². The van der Waals surface area contributed by atoms with Gasteiger partial charge in [0.15, 0.2) is 0 Å². The zero-order chi connectivity index (χ0) is 10.3. The molecule has 1 rings (SSSR count). The monoisotopic (exact) mass is 195 g/mol. The van der Waals surface area contributed by atoms with Crippen molar-refractivity contribution >= 4 is 17.2 Å². The molecule has 13 heavy (non-hydrogen) atoms. The summed E-state index contributed by atoms with van der Waals surface area (Å²) in [6.45, 7) is 12.3. The van der Waals surface area contributed by atoms with Crippen molar-refractivity contribution in [2.24, 2.45) is 0 Å². The molecule has 0 atom stereocenters. The molecular formula is C11H17NS. The number of nitrogens with one attached hydrogen (secondary N) is 1. The Morgan fingerprint density at radius 1 is 1.31 bits per heavy atom. The lowest BCUT2D eigenvalue weighted by molar-refractivity contribution is 0.853. The van der Waals surface area contributed by atoms with Crippen molar-refractivity contribution in [3.63, 3.8) is 0 Å². The summed E-state index contributed by atoms with van der Waals surface area (Å²) in [6.07, 6.45) is 4.63. The fourth-order valence-corrected chi connectivity index (χ4v) is 1.44. The lowest BCUT2D eigenvalue weighted by Gasteiger charge is -2.18. The van der Waals surface area contributed by atoms with Gasteiger partial charge in [0, 0.05) is 12.1 Å². The summed E-state index contributed by atoms with van der Waals surface area (Å²) in [6, 6.07) is 0. The molecule has 0 aromatic heterocycles. The fraction of sp³-hybridized carbons (Fsp3) is 0.364. The van der Waals surface area contributed by atoms with Crippen LogP contribution < -0.4 is 5.32 Å². The molecule has 0 amide bonds. The Morgan fingerprint density at radius 2 is 1.92 bits per heavy atom. The zero-order valence-corrected chi connectivity index (χ0v) is 9.21. The maximum atomic E-state index is 5.08. The van der Waals surface area contributed by atoms with Gasteiger partial charge < -0.3 is 5.32 Å². The minimum absolute atomic E-state index is 0.793. The van der Waals surface area contributed by atoms with E-state index in [1.165, 1.54) is 5.57 Å². The molecule has 2 heteroatoms. The van der Waals surface area contributed by atoms with Crippen LogP contribution in [0.2, 0.25) is 0 Å². The van der Waals surface area contributed by atoms with Gasteiger partial charge in [0.1, 0.15) is 4.99 Å². The number of rotatable bonds is 2. The standard InChI is InChI=1S/C9H11NS.C2H6/c1-3-7-5-6-10-9(11)8(7)4-2;1-2/h3-4H,1-2,5-6H2,(H,10,11);1-2H3. The van der Waals surface area contributed by atoms with Crippen molar-refractivity contribution in [2.75, 3.05) is 6.54 Å². The van der Waals surface area contributed by atoms with Crippen LogP contribution >= 0.6 is 12.2 Å². The van der Waals surface area contributed by atoms with Crippen LogP contribution in [0.25, 0.3) is 0 Å². The number of thiocarbonyl (C=S) groups is 1. The fourth-order valence-electron chi connectivity index (χ4n) is 1.12. The average molecular weight is 195 g/mol. The molecule has 0 aromatic rings. The van der Waals surface area contributed by atoms with Gasteiger partial charge in [-0.15, -0.1) is 0 Å². The molecule has 1 heterocycles. The van der Waals surface area contributed by atoms with Crippen LogP contribution in [0.15, 0.2) is 36.5 Å². The van der Waals surface area contributed by atoms with Crippen LogP contribution in [0.5, 0.6) is 0 Å². The summed E-state index contributed by atoms with van der Waals surface area (Å²) in [5.41, 5.74) is 2.23. The molecule has 1 aliphatic rings. The van der Waals surface area contributed by atoms with E-state index in [1.807, 2.05) is 19.9 Å². The number of hydrogen-bond acceptors (Lipinski definition) is 1. The van der Waals surface area contributed by atoms with E-state index < -0.39 is 0 Å². The maximum absolute atomic E-state index is 5.08. The van der Waals surface area contributed by atoms with E-state index in [2.05, 4.69) is 18.5 Å². The lowest BCUT2D eigenvalue weighted by atomic mass is 10.0. The van der Waals surface area contributed by atoms with Gasteiger partial charge in [-0.3, -0.25) is 0 Å². The van der Waals surface area contributed by atoms with Gasteiger partial charge in [-0.25, -0.2) is 0 Å². The minimum Gasteiger partial charge on any atom is -0.375 e. The smallest absolute Gasteiger partial charge is 0.106 e. The molecule has 1 N–H and O–H groups in total. The molecule has 0 spiro atoms. The topological polar surface area (TPSA) is 12.0 Å². The van der Waals surface area contributed by atoms with Crippen molar-refractivity contribution in [3.8, 4) is 0 Å². The summed E-state index contributed by atoms with van der Waals surface area (Å²) in [7, 11) is 0. The van der Waals surface area contributed by atoms with E-state index in [4.69, 9.17) is 12.2 Å². The van der Waals surface area contributed by atoms with Crippen LogP contribution in [0.3, 0.4) is 0 Å². The minimum atomic E-state index is 0.793. The molecule has 0 aliphatic carbocycles. The first-order chi connectivity index (χ1) is 6.29. The van der Waals surface area contributed by atoms with Gasteiger partial charge in [0.2, 0.25) is 0 Å². The molecule has 1 nitrogen and oxygen atoms in total. The summed E-state index contributed by atoms with van der Waals surface area (Å²) in [5.74, 6) is 0. The second kappa shape index (κ2) is 6.61. The van der Waals surface area contributed by atoms with Gasteiger partial charge in [-0.05, 0) is 12.0 Å². The molecule has 0 fully saturated rings. The quantitative estimate of drug-likeness (QED) is 0.680. The van der Waals surface area contributed by atoms with Gasteiger partial charge >= 0.3 is 0 Å². The van der Waals surface area contributed by atoms with Crippen molar-refractivity contribution < 1.29 is 0 Å². The van der Waals surface area contributed by atoms with E-state index in [9.17, 15) is 0 Å². The van der Waals surface area contributed by atoms with Gasteiger partial charge in [-0.2, -0.15) is 0 Å². The zero-order valence-electron chi connectivity index (χ0n) is 8.39. The SMILES string of the molecule is C=CC1=C(C=C)C(=S)NCC1.CC. The highest BCUT2D eigenvalue weighted by atomic mass is 32.1. The predicted molar refractivity (Wildman–Crippen MR) is 64.0 cm³/mol. The van der Waals surface area contributed by atoms with Crippen LogP contribution in [0, 0.1) is 0 Å². The largest absolute Gasteiger partial charge is 0.375 e. The third-order valence-corrected chi connectivity index (χ3v) is 2.09. The van der Waals surface area contributed by atoms with E-state index in [0.29, 0.717) is 0 Å². The van der Waals surface area contributed by atoms with E-state index in [-0.39, 0.29) is 0 Å². The molecular weight excluding hydrogens is 178 g/mol. The van der Waals surface area contributed by atoms with Crippen LogP contribution in [-0.4, -0.2) is 11.5 Å². The highest BCUT2D eigenvalue weighted by Gasteiger charge is 2.10. The maximum Gasteiger partial charge on any atom is 0.106 e. The van der Waals surface area contributed by atoms with Crippen molar-refractivity contribution in [1.82, 2.24) is 5.32 Å². The van der Waals surface area contributed by atoms with Crippen LogP contribution in [0.4, 0.5) is 0 Å². The van der Waals surface area contributed by atoms with E-state index >= 15 is 0 Å². The Balaban J connectivity index is 0.000000671. The molecule has 0 saturated carbocycles. The van der Waals surface area contributed by atoms with Crippen LogP contribution in [0.1, 0.15) is 20.3 Å². The molecule has 0 bridgehead atoms. The molecule has 72 valence electrons. The van der Waals surface area contributed by atoms with Crippen molar-refractivity contribution in [3.05, 3.63) is 36.5 Å². The third-order valence-electron chi connectivity index (χ3n) is 1.72. The first-order valence-electron chi connectivity index (χ1n) is 4.56. The second-order valence-electron chi connectivity index (χ2n) is 2.35.